The minimum Gasteiger partial charge on any atom is -0.370 e. The molecule has 0 radical (unpaired) electrons. The molecule has 1 aromatic rings. The van der Waals surface area contributed by atoms with E-state index in [4.69, 9.17) is 5.73 Å². The highest BCUT2D eigenvalue weighted by Gasteiger charge is 2.58. The molecule has 4 aliphatic rings. The van der Waals surface area contributed by atoms with Gasteiger partial charge in [-0.25, -0.2) is 0 Å². The zero-order valence-electron chi connectivity index (χ0n) is 13.9. The highest BCUT2D eigenvalue weighted by Crippen LogP contribution is 2.53. The van der Waals surface area contributed by atoms with Crippen LogP contribution in [0.1, 0.15) is 24.8 Å². The number of carbonyl (C=O) groups is 2. The van der Waals surface area contributed by atoms with E-state index >= 15 is 0 Å². The first-order valence-corrected chi connectivity index (χ1v) is 8.42. The zero-order chi connectivity index (χ0) is 16.2. The fraction of sp³-hybridized carbons (Fsp3) is 0.556. The molecule has 2 bridgehead atoms. The summed E-state index contributed by atoms with van der Waals surface area (Å²) in [6, 6.07) is 7.89. The summed E-state index contributed by atoms with van der Waals surface area (Å²) in [7, 11) is 1.81. The molecule has 2 unspecified atom stereocenters. The summed E-state index contributed by atoms with van der Waals surface area (Å²) in [5.74, 6) is 0.329. The summed E-state index contributed by atoms with van der Waals surface area (Å²) < 4.78 is 0. The third kappa shape index (κ3) is 2.25. The number of piperidine rings is 3. The number of hydrogen-bond donors (Lipinski definition) is 1. The topological polar surface area (TPSA) is 66.6 Å². The van der Waals surface area contributed by atoms with Gasteiger partial charge >= 0.3 is 0 Å². The molecule has 2 atom stereocenters. The van der Waals surface area contributed by atoms with Crippen molar-refractivity contribution >= 4 is 29.9 Å². The fourth-order valence-electron chi connectivity index (χ4n) is 5.13. The van der Waals surface area contributed by atoms with Crippen molar-refractivity contribution in [2.24, 2.45) is 17.6 Å². The van der Waals surface area contributed by atoms with E-state index in [9.17, 15) is 9.59 Å². The van der Waals surface area contributed by atoms with Crippen LogP contribution in [-0.2, 0) is 15.0 Å². The third-order valence-electron chi connectivity index (χ3n) is 6.17. The number of carbonyl (C=O) groups excluding carboxylic acids is 2. The van der Waals surface area contributed by atoms with Crippen LogP contribution >= 0.6 is 12.4 Å². The van der Waals surface area contributed by atoms with Gasteiger partial charge in [-0.2, -0.15) is 0 Å². The summed E-state index contributed by atoms with van der Waals surface area (Å²) in [6.45, 7) is 3.12. The van der Waals surface area contributed by atoms with Gasteiger partial charge in [-0.1, -0.05) is 18.2 Å². The number of halogens is 1. The minimum atomic E-state index is -0.777. The van der Waals surface area contributed by atoms with Crippen molar-refractivity contribution in [3.05, 3.63) is 29.8 Å². The van der Waals surface area contributed by atoms with E-state index < -0.39 is 5.41 Å². The summed E-state index contributed by atoms with van der Waals surface area (Å²) >= 11 is 0. The van der Waals surface area contributed by atoms with E-state index in [1.165, 1.54) is 0 Å². The number of para-hydroxylation sites is 1. The van der Waals surface area contributed by atoms with Crippen LogP contribution < -0.4 is 10.6 Å². The molecule has 4 aliphatic heterocycles. The maximum absolute atomic E-state index is 13.3. The van der Waals surface area contributed by atoms with Gasteiger partial charge in [0.1, 0.15) is 0 Å². The van der Waals surface area contributed by atoms with E-state index in [1.807, 2.05) is 31.3 Å². The number of amides is 2. The van der Waals surface area contributed by atoms with Gasteiger partial charge in [0, 0.05) is 25.7 Å². The number of primary amides is 1. The average molecular weight is 350 g/mol. The predicted molar refractivity (Wildman–Crippen MR) is 95.2 cm³/mol. The molecule has 3 saturated heterocycles. The van der Waals surface area contributed by atoms with Crippen LogP contribution in [0.3, 0.4) is 0 Å². The van der Waals surface area contributed by atoms with Crippen molar-refractivity contribution in [1.82, 2.24) is 4.90 Å². The molecule has 0 aromatic heterocycles. The molecule has 0 spiro atoms. The molecule has 1 aromatic carbocycles. The number of benzene rings is 1. The molecule has 0 aliphatic carbocycles. The van der Waals surface area contributed by atoms with Gasteiger partial charge in [-0.3, -0.25) is 9.59 Å². The van der Waals surface area contributed by atoms with Crippen LogP contribution in [0, 0.1) is 11.8 Å². The van der Waals surface area contributed by atoms with Crippen LogP contribution in [0.4, 0.5) is 5.69 Å². The summed E-state index contributed by atoms with van der Waals surface area (Å²) in [5.41, 5.74) is 6.74. The second-order valence-electron chi connectivity index (χ2n) is 7.24. The molecular weight excluding hydrogens is 326 g/mol. The molecular formula is C18H24ClN3O2. The first-order chi connectivity index (χ1) is 11.0. The lowest BCUT2D eigenvalue weighted by Gasteiger charge is -2.51. The van der Waals surface area contributed by atoms with Crippen molar-refractivity contribution in [1.29, 1.82) is 0 Å². The highest BCUT2D eigenvalue weighted by molar-refractivity contribution is 6.10. The van der Waals surface area contributed by atoms with Gasteiger partial charge in [-0.05, 0) is 49.4 Å². The second-order valence-corrected chi connectivity index (χ2v) is 7.24. The van der Waals surface area contributed by atoms with Crippen LogP contribution in [0.25, 0.3) is 0 Å². The van der Waals surface area contributed by atoms with Gasteiger partial charge in [0.2, 0.25) is 11.8 Å². The summed E-state index contributed by atoms with van der Waals surface area (Å²) in [4.78, 5) is 29.4. The molecule has 2 amide bonds. The molecule has 5 nitrogen and oxygen atoms in total. The lowest BCUT2D eigenvalue weighted by atomic mass is 9.60. The Bertz CT molecular complexity index is 672. The van der Waals surface area contributed by atoms with E-state index in [0.717, 1.165) is 43.7 Å². The molecule has 2 N–H and O–H groups in total. The normalized spacial score (nSPS) is 34.0. The Balaban J connectivity index is 0.00000169. The number of nitrogens with zero attached hydrogens (tertiary/aromatic N) is 2. The smallest absolute Gasteiger partial charge is 0.238 e. The van der Waals surface area contributed by atoms with Crippen molar-refractivity contribution in [3.63, 3.8) is 0 Å². The van der Waals surface area contributed by atoms with Crippen LogP contribution in [0.15, 0.2) is 24.3 Å². The molecule has 3 fully saturated rings. The molecule has 0 saturated carbocycles. The second kappa shape index (κ2) is 6.05. The number of fused-ring (bicyclic) bond motifs is 4. The lowest BCUT2D eigenvalue weighted by Crippen LogP contribution is -2.58. The SMILES string of the molecule is CN1C(=O)C(CC(N)=O)(C2CN3CCC2CC3)c2ccccc21.Cl. The Kier molecular flexibility index (Phi) is 4.34. The summed E-state index contributed by atoms with van der Waals surface area (Å²) in [6.07, 6.45) is 2.34. The Morgan fingerprint density at radius 1 is 1.29 bits per heavy atom. The van der Waals surface area contributed by atoms with Crippen molar-refractivity contribution < 1.29 is 9.59 Å². The standard InChI is InChI=1S/C18H23N3O2.ClH/c1-20-15-5-3-2-4-13(15)18(17(20)23,10-16(19)22)14-11-21-8-6-12(14)7-9-21;/h2-5,12,14H,6-11H2,1H3,(H2,19,22);1H. The van der Waals surface area contributed by atoms with Crippen molar-refractivity contribution in [2.45, 2.75) is 24.7 Å². The number of hydrogen-bond acceptors (Lipinski definition) is 3. The van der Waals surface area contributed by atoms with E-state index in [2.05, 4.69) is 4.90 Å². The maximum Gasteiger partial charge on any atom is 0.238 e. The lowest BCUT2D eigenvalue weighted by molar-refractivity contribution is -0.133. The predicted octanol–water partition coefficient (Wildman–Crippen LogP) is 1.54. The van der Waals surface area contributed by atoms with Gasteiger partial charge in [0.25, 0.3) is 0 Å². The van der Waals surface area contributed by atoms with Crippen LogP contribution in [0.2, 0.25) is 0 Å². The first-order valence-electron chi connectivity index (χ1n) is 8.42. The minimum absolute atomic E-state index is 0. The van der Waals surface area contributed by atoms with Gasteiger partial charge in [-0.15, -0.1) is 12.4 Å². The van der Waals surface area contributed by atoms with Crippen LogP contribution in [0.5, 0.6) is 0 Å². The fourth-order valence-corrected chi connectivity index (χ4v) is 5.13. The van der Waals surface area contributed by atoms with Gasteiger partial charge < -0.3 is 15.5 Å². The number of likely N-dealkylation sites (N-methyl/N-ethyl adjacent to an activating group) is 1. The summed E-state index contributed by atoms with van der Waals surface area (Å²) in [5, 5.41) is 0. The monoisotopic (exact) mass is 349 g/mol. The Hall–Kier alpha value is -1.59. The Morgan fingerprint density at radius 2 is 1.96 bits per heavy atom. The quantitative estimate of drug-likeness (QED) is 0.900. The maximum atomic E-state index is 13.3. The van der Waals surface area contributed by atoms with E-state index in [-0.39, 0.29) is 36.6 Å². The molecule has 6 heteroatoms. The zero-order valence-corrected chi connectivity index (χ0v) is 14.7. The average Bonchev–Trinajstić information content (AvgIpc) is 2.79. The Morgan fingerprint density at radius 3 is 2.54 bits per heavy atom. The molecule has 4 heterocycles. The molecule has 5 rings (SSSR count). The van der Waals surface area contributed by atoms with E-state index in [0.29, 0.717) is 5.92 Å². The van der Waals surface area contributed by atoms with Crippen molar-refractivity contribution in [3.8, 4) is 0 Å². The third-order valence-corrected chi connectivity index (χ3v) is 6.17. The van der Waals surface area contributed by atoms with Crippen molar-refractivity contribution in [2.75, 3.05) is 31.6 Å². The first kappa shape index (κ1) is 17.2. The number of nitrogens with two attached hydrogens (primary N) is 1. The van der Waals surface area contributed by atoms with Crippen LogP contribution in [-0.4, -0.2) is 43.4 Å². The largest absolute Gasteiger partial charge is 0.370 e. The molecule has 130 valence electrons. The van der Waals surface area contributed by atoms with Gasteiger partial charge in [0.15, 0.2) is 0 Å². The van der Waals surface area contributed by atoms with Gasteiger partial charge in [0.05, 0.1) is 5.41 Å². The van der Waals surface area contributed by atoms with E-state index in [1.54, 1.807) is 4.90 Å². The number of anilines is 1. The Labute approximate surface area is 148 Å². The number of rotatable bonds is 3. The highest BCUT2D eigenvalue weighted by atomic mass is 35.5. The molecule has 24 heavy (non-hydrogen) atoms.